The van der Waals surface area contributed by atoms with Gasteiger partial charge in [-0.05, 0) is 36.4 Å². The smallest absolute Gasteiger partial charge is 0.228 e. The molecular formula is C19H20ClN5O3. The maximum Gasteiger partial charge on any atom is 0.228 e. The molecule has 0 spiro atoms. The first-order valence-corrected chi connectivity index (χ1v) is 8.84. The van der Waals surface area contributed by atoms with Crippen molar-refractivity contribution in [1.82, 2.24) is 10.1 Å². The number of nitrogens with zero attached hydrogens (tertiary/aromatic N) is 3. The molecule has 0 atom stereocenters. The molecule has 0 fully saturated rings. The standard InChI is InChI=1S/C19H20ClN5O3/c1-26-14-7-8-16(27-2)15(11-14)23-19(21)22-10-9-17-24-18(25-28-17)12-3-5-13(20)6-4-12/h3-8,11H,9-10H2,1-2H3,(H3,21,22,23). The van der Waals surface area contributed by atoms with E-state index in [0.717, 1.165) is 5.56 Å². The fourth-order valence-corrected chi connectivity index (χ4v) is 2.56. The molecule has 0 aliphatic heterocycles. The molecule has 3 N–H and O–H groups in total. The number of methoxy groups -OCH3 is 2. The molecule has 0 bridgehead atoms. The molecule has 0 radical (unpaired) electrons. The van der Waals surface area contributed by atoms with Gasteiger partial charge in [0.2, 0.25) is 11.7 Å². The Labute approximate surface area is 167 Å². The predicted octanol–water partition coefficient (Wildman–Crippen LogP) is 3.38. The number of guanidine groups is 1. The van der Waals surface area contributed by atoms with Crippen molar-refractivity contribution < 1.29 is 14.0 Å². The Morgan fingerprint density at radius 3 is 2.68 bits per heavy atom. The Bertz CT molecular complexity index is 956. The second kappa shape index (κ2) is 9.09. The third kappa shape index (κ3) is 4.92. The van der Waals surface area contributed by atoms with Crippen molar-refractivity contribution in [3.05, 3.63) is 53.4 Å². The van der Waals surface area contributed by atoms with Gasteiger partial charge in [-0.25, -0.2) is 0 Å². The van der Waals surface area contributed by atoms with E-state index in [4.69, 9.17) is 31.3 Å². The highest BCUT2D eigenvalue weighted by atomic mass is 35.5. The van der Waals surface area contributed by atoms with Gasteiger partial charge in [-0.2, -0.15) is 4.98 Å². The van der Waals surface area contributed by atoms with Crippen LogP contribution >= 0.6 is 11.6 Å². The molecule has 2 aromatic carbocycles. The summed E-state index contributed by atoms with van der Waals surface area (Å²) in [5.41, 5.74) is 7.45. The number of ether oxygens (including phenoxy) is 2. The number of aromatic nitrogens is 2. The first-order valence-electron chi connectivity index (χ1n) is 8.46. The van der Waals surface area contributed by atoms with E-state index in [0.29, 0.717) is 46.9 Å². The van der Waals surface area contributed by atoms with E-state index in [9.17, 15) is 0 Å². The number of halogens is 1. The average Bonchev–Trinajstić information content (AvgIpc) is 3.17. The Morgan fingerprint density at radius 2 is 1.96 bits per heavy atom. The third-order valence-electron chi connectivity index (χ3n) is 3.85. The lowest BCUT2D eigenvalue weighted by atomic mass is 10.2. The predicted molar refractivity (Wildman–Crippen MR) is 108 cm³/mol. The van der Waals surface area contributed by atoms with Gasteiger partial charge in [0.25, 0.3) is 0 Å². The number of rotatable bonds is 7. The molecule has 0 aliphatic carbocycles. The molecule has 3 rings (SSSR count). The Kier molecular flexibility index (Phi) is 6.33. The topological polar surface area (TPSA) is 108 Å². The number of nitrogens with two attached hydrogens (primary N) is 1. The zero-order chi connectivity index (χ0) is 19.9. The number of benzene rings is 2. The van der Waals surface area contributed by atoms with Crippen LogP contribution in [-0.2, 0) is 6.42 Å². The summed E-state index contributed by atoms with van der Waals surface area (Å²) in [6, 6.07) is 12.6. The van der Waals surface area contributed by atoms with E-state index in [1.165, 1.54) is 0 Å². The first kappa shape index (κ1) is 19.5. The summed E-state index contributed by atoms with van der Waals surface area (Å²) < 4.78 is 15.8. The SMILES string of the molecule is COc1ccc(OC)c(NC(N)=NCCc2nc(-c3ccc(Cl)cc3)no2)c1. The van der Waals surface area contributed by atoms with Crippen LogP contribution < -0.4 is 20.5 Å². The number of hydrogen-bond acceptors (Lipinski definition) is 6. The van der Waals surface area contributed by atoms with Crippen LogP contribution in [0.1, 0.15) is 5.89 Å². The van der Waals surface area contributed by atoms with Crippen molar-refractivity contribution in [3.8, 4) is 22.9 Å². The van der Waals surface area contributed by atoms with Crippen LogP contribution in [0.2, 0.25) is 5.02 Å². The molecule has 0 aliphatic rings. The second-order valence-electron chi connectivity index (χ2n) is 5.73. The lowest BCUT2D eigenvalue weighted by Gasteiger charge is -2.12. The van der Waals surface area contributed by atoms with E-state index in [2.05, 4.69) is 20.4 Å². The highest BCUT2D eigenvalue weighted by Gasteiger charge is 2.09. The van der Waals surface area contributed by atoms with E-state index in [1.54, 1.807) is 44.6 Å². The quantitative estimate of drug-likeness (QED) is 0.461. The molecule has 8 nitrogen and oxygen atoms in total. The van der Waals surface area contributed by atoms with Gasteiger partial charge in [-0.1, -0.05) is 16.8 Å². The Morgan fingerprint density at radius 1 is 1.18 bits per heavy atom. The normalized spacial score (nSPS) is 11.3. The summed E-state index contributed by atoms with van der Waals surface area (Å²) >= 11 is 5.88. The molecule has 0 saturated heterocycles. The van der Waals surface area contributed by atoms with Gasteiger partial charge in [0, 0.05) is 23.1 Å². The lowest BCUT2D eigenvalue weighted by molar-refractivity contribution is 0.380. The minimum atomic E-state index is 0.240. The largest absolute Gasteiger partial charge is 0.497 e. The Balaban J connectivity index is 1.60. The van der Waals surface area contributed by atoms with Gasteiger partial charge >= 0.3 is 0 Å². The number of hydrogen-bond donors (Lipinski definition) is 2. The molecule has 146 valence electrons. The molecule has 0 unspecified atom stereocenters. The van der Waals surface area contributed by atoms with E-state index in [1.807, 2.05) is 12.1 Å². The fraction of sp³-hybridized carbons (Fsp3) is 0.211. The maximum atomic E-state index is 5.96. The average molecular weight is 402 g/mol. The molecule has 28 heavy (non-hydrogen) atoms. The van der Waals surface area contributed by atoms with Gasteiger partial charge in [0.15, 0.2) is 5.96 Å². The number of anilines is 1. The van der Waals surface area contributed by atoms with Crippen LogP contribution in [0.3, 0.4) is 0 Å². The van der Waals surface area contributed by atoms with Crippen LogP contribution in [0, 0.1) is 0 Å². The summed E-state index contributed by atoms with van der Waals surface area (Å²) in [6.07, 6.45) is 0.457. The molecule has 0 amide bonds. The van der Waals surface area contributed by atoms with Gasteiger partial charge in [-0.3, -0.25) is 4.99 Å². The molecule has 9 heteroatoms. The van der Waals surface area contributed by atoms with Crippen LogP contribution in [0.15, 0.2) is 52.0 Å². The minimum absolute atomic E-state index is 0.240. The number of aliphatic imine (C=N–C) groups is 1. The highest BCUT2D eigenvalue weighted by Crippen LogP contribution is 2.28. The third-order valence-corrected chi connectivity index (χ3v) is 4.10. The van der Waals surface area contributed by atoms with E-state index < -0.39 is 0 Å². The summed E-state index contributed by atoms with van der Waals surface area (Å²) in [4.78, 5) is 8.63. The van der Waals surface area contributed by atoms with Gasteiger partial charge in [0.1, 0.15) is 11.5 Å². The summed E-state index contributed by atoms with van der Waals surface area (Å²) in [5, 5.41) is 7.62. The van der Waals surface area contributed by atoms with Crippen LogP contribution in [0.4, 0.5) is 5.69 Å². The van der Waals surface area contributed by atoms with Crippen LogP contribution in [0.25, 0.3) is 11.4 Å². The maximum absolute atomic E-state index is 5.96. The first-order chi connectivity index (χ1) is 13.6. The minimum Gasteiger partial charge on any atom is -0.497 e. The summed E-state index contributed by atoms with van der Waals surface area (Å²) in [5.74, 6) is 2.52. The van der Waals surface area contributed by atoms with Crippen molar-refractivity contribution in [2.24, 2.45) is 10.7 Å². The van der Waals surface area contributed by atoms with Crippen molar-refractivity contribution in [1.29, 1.82) is 0 Å². The summed E-state index contributed by atoms with van der Waals surface area (Å²) in [7, 11) is 3.17. The van der Waals surface area contributed by atoms with Crippen molar-refractivity contribution in [2.45, 2.75) is 6.42 Å². The van der Waals surface area contributed by atoms with Gasteiger partial charge < -0.3 is 25.0 Å². The van der Waals surface area contributed by atoms with Crippen molar-refractivity contribution >= 4 is 23.2 Å². The molecule has 3 aromatic rings. The molecule has 1 aromatic heterocycles. The Hall–Kier alpha value is -3.26. The fourth-order valence-electron chi connectivity index (χ4n) is 2.43. The second-order valence-corrected chi connectivity index (χ2v) is 6.16. The zero-order valence-corrected chi connectivity index (χ0v) is 16.2. The zero-order valence-electron chi connectivity index (χ0n) is 15.5. The van der Waals surface area contributed by atoms with E-state index in [-0.39, 0.29) is 5.96 Å². The lowest BCUT2D eigenvalue weighted by Crippen LogP contribution is -2.23. The van der Waals surface area contributed by atoms with Crippen LogP contribution in [-0.4, -0.2) is 36.9 Å². The van der Waals surface area contributed by atoms with Crippen LogP contribution in [0.5, 0.6) is 11.5 Å². The van der Waals surface area contributed by atoms with Gasteiger partial charge in [0.05, 0.1) is 26.5 Å². The van der Waals surface area contributed by atoms with Gasteiger partial charge in [-0.15, -0.1) is 0 Å². The molecule has 0 saturated carbocycles. The van der Waals surface area contributed by atoms with E-state index >= 15 is 0 Å². The summed E-state index contributed by atoms with van der Waals surface area (Å²) in [6.45, 7) is 0.382. The van der Waals surface area contributed by atoms with Crippen molar-refractivity contribution in [3.63, 3.8) is 0 Å². The molecule has 1 heterocycles. The monoisotopic (exact) mass is 401 g/mol. The van der Waals surface area contributed by atoms with Crippen molar-refractivity contribution in [2.75, 3.05) is 26.1 Å². The molecular weight excluding hydrogens is 382 g/mol. The number of nitrogens with one attached hydrogen (secondary N) is 1. The highest BCUT2D eigenvalue weighted by molar-refractivity contribution is 6.30.